The molecular weight excluding hydrogens is 372 g/mol. The van der Waals surface area contributed by atoms with Gasteiger partial charge in [0.05, 0.1) is 29.2 Å². The van der Waals surface area contributed by atoms with Crippen LogP contribution in [0.3, 0.4) is 0 Å². The van der Waals surface area contributed by atoms with E-state index in [1.165, 1.54) is 22.7 Å². The molecule has 0 atom stereocenters. The Labute approximate surface area is 156 Å². The van der Waals surface area contributed by atoms with E-state index in [0.717, 1.165) is 11.6 Å². The highest BCUT2D eigenvalue weighted by Crippen LogP contribution is 2.29. The number of hydrazone groups is 1. The van der Waals surface area contributed by atoms with E-state index >= 15 is 0 Å². The summed E-state index contributed by atoms with van der Waals surface area (Å²) >= 11 is 0. The summed E-state index contributed by atoms with van der Waals surface area (Å²) in [4.78, 5) is 10.6. The van der Waals surface area contributed by atoms with Gasteiger partial charge < -0.3 is 4.74 Å². The summed E-state index contributed by atoms with van der Waals surface area (Å²) in [5, 5.41) is 15.4. The number of nitrogens with one attached hydrogen (secondary N) is 1. The fourth-order valence-electron chi connectivity index (χ4n) is 2.57. The van der Waals surface area contributed by atoms with Crippen molar-refractivity contribution in [3.63, 3.8) is 0 Å². The lowest BCUT2D eigenvalue weighted by Gasteiger charge is -2.26. The second-order valence-electron chi connectivity index (χ2n) is 5.73. The van der Waals surface area contributed by atoms with Crippen molar-refractivity contribution in [2.45, 2.75) is 4.90 Å². The molecule has 0 amide bonds. The van der Waals surface area contributed by atoms with Gasteiger partial charge in [-0.25, -0.2) is 8.42 Å². The van der Waals surface area contributed by atoms with Gasteiger partial charge >= 0.3 is 0 Å². The molecule has 27 heavy (non-hydrogen) atoms. The number of anilines is 1. The number of morpholine rings is 1. The van der Waals surface area contributed by atoms with Gasteiger partial charge in [0.1, 0.15) is 5.69 Å². The minimum Gasteiger partial charge on any atom is -0.379 e. The molecule has 1 aliphatic rings. The summed E-state index contributed by atoms with van der Waals surface area (Å²) in [7, 11) is -3.82. The van der Waals surface area contributed by atoms with Crippen LogP contribution in [0, 0.1) is 10.1 Å². The van der Waals surface area contributed by atoms with Crippen molar-refractivity contribution < 1.29 is 18.1 Å². The van der Waals surface area contributed by atoms with Gasteiger partial charge in [-0.2, -0.15) is 9.41 Å². The van der Waals surface area contributed by atoms with Crippen LogP contribution in [0.25, 0.3) is 0 Å². The van der Waals surface area contributed by atoms with Gasteiger partial charge in [0, 0.05) is 19.2 Å². The highest BCUT2D eigenvalue weighted by Gasteiger charge is 2.28. The Morgan fingerprint density at radius 3 is 2.52 bits per heavy atom. The zero-order chi connectivity index (χ0) is 19.3. The van der Waals surface area contributed by atoms with Crippen LogP contribution in [0.2, 0.25) is 0 Å². The van der Waals surface area contributed by atoms with E-state index in [1.807, 2.05) is 30.3 Å². The molecular formula is C17H18N4O5S. The SMILES string of the molecule is O=[N+]([O-])c1cc(S(=O)(=O)N2CCOCC2)ccc1N/N=C/c1ccccc1. The molecule has 0 spiro atoms. The maximum atomic E-state index is 12.7. The molecule has 10 heteroatoms. The lowest BCUT2D eigenvalue weighted by molar-refractivity contribution is -0.384. The normalized spacial score (nSPS) is 15.7. The Bertz CT molecular complexity index is 941. The van der Waals surface area contributed by atoms with E-state index in [4.69, 9.17) is 4.74 Å². The predicted molar refractivity (Wildman–Crippen MR) is 100 cm³/mol. The van der Waals surface area contributed by atoms with Crippen molar-refractivity contribution in [1.29, 1.82) is 0 Å². The molecule has 9 nitrogen and oxygen atoms in total. The minimum absolute atomic E-state index is 0.105. The zero-order valence-electron chi connectivity index (χ0n) is 14.3. The largest absolute Gasteiger partial charge is 0.379 e. The number of nitro groups is 1. The molecule has 0 unspecified atom stereocenters. The molecule has 0 bridgehead atoms. The number of benzene rings is 2. The van der Waals surface area contributed by atoms with Gasteiger partial charge in [0.25, 0.3) is 5.69 Å². The van der Waals surface area contributed by atoms with Crippen molar-refractivity contribution in [2.24, 2.45) is 5.10 Å². The molecule has 0 aliphatic carbocycles. The van der Waals surface area contributed by atoms with Crippen LogP contribution in [0.4, 0.5) is 11.4 Å². The lowest BCUT2D eigenvalue weighted by Crippen LogP contribution is -2.40. The third-order valence-electron chi connectivity index (χ3n) is 3.97. The smallest absolute Gasteiger partial charge is 0.295 e. The molecule has 1 saturated heterocycles. The van der Waals surface area contributed by atoms with Crippen LogP contribution in [0.1, 0.15) is 5.56 Å². The Hall–Kier alpha value is -2.82. The van der Waals surface area contributed by atoms with Crippen LogP contribution >= 0.6 is 0 Å². The van der Waals surface area contributed by atoms with E-state index in [-0.39, 0.29) is 29.4 Å². The van der Waals surface area contributed by atoms with Gasteiger partial charge in [0.2, 0.25) is 10.0 Å². The molecule has 142 valence electrons. The lowest BCUT2D eigenvalue weighted by atomic mass is 10.2. The predicted octanol–water partition coefficient (Wildman–Crippen LogP) is 2.06. The Morgan fingerprint density at radius 1 is 1.15 bits per heavy atom. The highest BCUT2D eigenvalue weighted by molar-refractivity contribution is 7.89. The maximum Gasteiger partial charge on any atom is 0.295 e. The summed E-state index contributed by atoms with van der Waals surface area (Å²) in [6, 6.07) is 12.9. The molecule has 1 fully saturated rings. The van der Waals surface area contributed by atoms with Crippen molar-refractivity contribution in [3.05, 3.63) is 64.2 Å². The number of nitrogens with zero attached hydrogens (tertiary/aromatic N) is 3. The van der Waals surface area contributed by atoms with E-state index in [9.17, 15) is 18.5 Å². The summed E-state index contributed by atoms with van der Waals surface area (Å²) in [6.45, 7) is 1.04. The van der Waals surface area contributed by atoms with Crippen molar-refractivity contribution in [3.8, 4) is 0 Å². The van der Waals surface area contributed by atoms with Crippen molar-refractivity contribution in [1.82, 2.24) is 4.31 Å². The number of hydrogen-bond donors (Lipinski definition) is 1. The van der Waals surface area contributed by atoms with Crippen molar-refractivity contribution >= 4 is 27.6 Å². The van der Waals surface area contributed by atoms with Crippen molar-refractivity contribution in [2.75, 3.05) is 31.7 Å². The van der Waals surface area contributed by atoms with E-state index in [0.29, 0.717) is 13.2 Å². The van der Waals surface area contributed by atoms with Gasteiger partial charge in [-0.1, -0.05) is 30.3 Å². The van der Waals surface area contributed by atoms with Gasteiger partial charge in [0.15, 0.2) is 0 Å². The molecule has 3 rings (SSSR count). The van der Waals surface area contributed by atoms with Crippen LogP contribution in [-0.2, 0) is 14.8 Å². The maximum absolute atomic E-state index is 12.7. The minimum atomic E-state index is -3.82. The summed E-state index contributed by atoms with van der Waals surface area (Å²) in [6.07, 6.45) is 1.52. The first-order valence-electron chi connectivity index (χ1n) is 8.19. The van der Waals surface area contributed by atoms with Crippen LogP contribution in [0.15, 0.2) is 58.5 Å². The standard InChI is InChI=1S/C17H18N4O5S/c22-21(23)17-12-15(27(24,25)20-8-10-26-11-9-20)6-7-16(17)19-18-13-14-4-2-1-3-5-14/h1-7,12-13,19H,8-11H2/b18-13+. The molecule has 0 aromatic heterocycles. The van der Waals surface area contributed by atoms with E-state index < -0.39 is 14.9 Å². The molecule has 1 N–H and O–H groups in total. The van der Waals surface area contributed by atoms with Gasteiger partial charge in [-0.15, -0.1) is 0 Å². The molecule has 2 aromatic rings. The quantitative estimate of drug-likeness (QED) is 0.459. The Kier molecular flexibility index (Phi) is 5.79. The van der Waals surface area contributed by atoms with E-state index in [2.05, 4.69) is 10.5 Å². The third-order valence-corrected chi connectivity index (χ3v) is 5.87. The van der Waals surface area contributed by atoms with Crippen LogP contribution in [0.5, 0.6) is 0 Å². The fourth-order valence-corrected chi connectivity index (χ4v) is 4.00. The van der Waals surface area contributed by atoms with E-state index in [1.54, 1.807) is 0 Å². The summed E-state index contributed by atoms with van der Waals surface area (Å²) < 4.78 is 31.8. The second kappa shape index (κ2) is 8.25. The number of rotatable bonds is 6. The molecule has 0 saturated carbocycles. The summed E-state index contributed by atoms with van der Waals surface area (Å²) in [5.41, 5.74) is 3.16. The first-order valence-corrected chi connectivity index (χ1v) is 9.63. The molecule has 1 aliphatic heterocycles. The van der Waals surface area contributed by atoms with Crippen LogP contribution in [-0.4, -0.2) is 50.2 Å². The van der Waals surface area contributed by atoms with Gasteiger partial charge in [-0.05, 0) is 17.7 Å². The molecule has 0 radical (unpaired) electrons. The third kappa shape index (κ3) is 4.48. The molecule has 1 heterocycles. The monoisotopic (exact) mass is 390 g/mol. The fraction of sp³-hybridized carbons (Fsp3) is 0.235. The Balaban J connectivity index is 1.84. The van der Waals surface area contributed by atoms with Gasteiger partial charge in [-0.3, -0.25) is 15.5 Å². The average molecular weight is 390 g/mol. The number of hydrogen-bond acceptors (Lipinski definition) is 7. The second-order valence-corrected chi connectivity index (χ2v) is 7.67. The topological polar surface area (TPSA) is 114 Å². The number of sulfonamides is 1. The number of ether oxygens (including phenoxy) is 1. The first-order chi connectivity index (χ1) is 13.0. The number of nitro benzene ring substituents is 1. The average Bonchev–Trinajstić information content (AvgIpc) is 2.69. The highest BCUT2D eigenvalue weighted by atomic mass is 32.2. The zero-order valence-corrected chi connectivity index (χ0v) is 15.1. The van der Waals surface area contributed by atoms with Crippen LogP contribution < -0.4 is 5.43 Å². The Morgan fingerprint density at radius 2 is 1.85 bits per heavy atom. The molecule has 2 aromatic carbocycles. The first kappa shape index (κ1) is 19.0. The summed E-state index contributed by atoms with van der Waals surface area (Å²) in [5.74, 6) is 0.